The van der Waals surface area contributed by atoms with Crippen molar-refractivity contribution in [2.45, 2.75) is 44.2 Å². The van der Waals surface area contributed by atoms with Gasteiger partial charge in [0.2, 0.25) is 0 Å². The number of nitrogens with one attached hydrogen (secondary N) is 1. The van der Waals surface area contributed by atoms with Crippen LogP contribution in [0.2, 0.25) is 5.02 Å². The van der Waals surface area contributed by atoms with E-state index in [1.165, 1.54) is 40.6 Å². The maximum absolute atomic E-state index is 6.29. The van der Waals surface area contributed by atoms with Crippen LogP contribution in [0.15, 0.2) is 61.2 Å². The molecule has 0 radical (unpaired) electrons. The summed E-state index contributed by atoms with van der Waals surface area (Å²) in [6, 6.07) is 14.7. The fourth-order valence-corrected chi connectivity index (χ4v) is 4.92. The number of hydrogen-bond acceptors (Lipinski definition) is 3. The van der Waals surface area contributed by atoms with Crippen molar-refractivity contribution in [2.24, 2.45) is 0 Å². The molecule has 2 aromatic carbocycles. The predicted molar refractivity (Wildman–Crippen MR) is 128 cm³/mol. The Morgan fingerprint density at radius 3 is 2.84 bits per heavy atom. The number of ether oxygens (including phenoxy) is 2. The van der Waals surface area contributed by atoms with E-state index in [1.54, 1.807) is 19.6 Å². The van der Waals surface area contributed by atoms with Gasteiger partial charge in [-0.15, -0.1) is 0 Å². The Kier molecular flexibility index (Phi) is 6.19. The number of fused-ring (bicyclic) bond motifs is 3. The van der Waals surface area contributed by atoms with Gasteiger partial charge in [-0.2, -0.15) is 0 Å². The first-order valence-electron chi connectivity index (χ1n) is 11.2. The van der Waals surface area contributed by atoms with Crippen molar-refractivity contribution in [3.05, 3.63) is 83.0 Å². The molecule has 0 bridgehead atoms. The van der Waals surface area contributed by atoms with E-state index in [2.05, 4.69) is 46.4 Å². The number of methoxy groups -OCH3 is 1. The molecule has 0 saturated carbocycles. The standard InChI is InChI=1S/C26H28ClN3O2/c1-31-21(15-30-13-12-28-17-30)16-32-20-9-6-18(7-10-20)22-4-2-3-5-23-24-14-19(27)8-11-25(24)29-26(22)23/h6-14,17,21-22,29H,2-5,15-16H2,1H3. The summed E-state index contributed by atoms with van der Waals surface area (Å²) in [4.78, 5) is 7.78. The van der Waals surface area contributed by atoms with E-state index in [4.69, 9.17) is 21.1 Å². The van der Waals surface area contributed by atoms with Crippen molar-refractivity contribution in [1.82, 2.24) is 14.5 Å². The first-order chi connectivity index (χ1) is 15.7. The number of halogens is 1. The summed E-state index contributed by atoms with van der Waals surface area (Å²) in [5.41, 5.74) is 5.26. The Balaban J connectivity index is 1.32. The van der Waals surface area contributed by atoms with E-state index < -0.39 is 0 Å². The van der Waals surface area contributed by atoms with E-state index in [-0.39, 0.29) is 6.10 Å². The summed E-state index contributed by atoms with van der Waals surface area (Å²) >= 11 is 6.29. The molecule has 2 aromatic heterocycles. The van der Waals surface area contributed by atoms with Crippen LogP contribution in [0.5, 0.6) is 5.75 Å². The van der Waals surface area contributed by atoms with Gasteiger partial charge < -0.3 is 19.0 Å². The third-order valence-corrected chi connectivity index (χ3v) is 6.68. The van der Waals surface area contributed by atoms with E-state index in [1.807, 2.05) is 16.8 Å². The molecule has 6 heteroatoms. The van der Waals surface area contributed by atoms with Crippen molar-refractivity contribution >= 4 is 22.5 Å². The van der Waals surface area contributed by atoms with Crippen LogP contribution in [0.3, 0.4) is 0 Å². The van der Waals surface area contributed by atoms with Gasteiger partial charge in [-0.25, -0.2) is 4.98 Å². The van der Waals surface area contributed by atoms with Gasteiger partial charge >= 0.3 is 0 Å². The molecule has 0 spiro atoms. The van der Waals surface area contributed by atoms with Gasteiger partial charge in [0.1, 0.15) is 18.5 Å². The Morgan fingerprint density at radius 1 is 1.19 bits per heavy atom. The summed E-state index contributed by atoms with van der Waals surface area (Å²) in [6.45, 7) is 1.20. The third-order valence-electron chi connectivity index (χ3n) is 6.44. The Bertz CT molecular complexity index is 1170. The lowest BCUT2D eigenvalue weighted by Gasteiger charge is -2.18. The zero-order chi connectivity index (χ0) is 21.9. The molecule has 1 aliphatic rings. The lowest BCUT2D eigenvalue weighted by atomic mass is 9.91. The normalized spacial score (nSPS) is 17.1. The van der Waals surface area contributed by atoms with Gasteiger partial charge in [0.05, 0.1) is 12.9 Å². The van der Waals surface area contributed by atoms with Crippen molar-refractivity contribution in [3.63, 3.8) is 0 Å². The number of rotatable bonds is 7. The molecular weight excluding hydrogens is 422 g/mol. The number of H-pyrrole nitrogens is 1. The molecule has 5 rings (SSSR count). The Hall–Kier alpha value is -2.76. The van der Waals surface area contributed by atoms with Gasteiger partial charge in [0.15, 0.2) is 0 Å². The van der Waals surface area contributed by atoms with Crippen molar-refractivity contribution in [1.29, 1.82) is 0 Å². The molecule has 5 nitrogen and oxygen atoms in total. The number of benzene rings is 2. The predicted octanol–water partition coefficient (Wildman–Crippen LogP) is 5.97. The summed E-state index contributed by atoms with van der Waals surface area (Å²) in [5, 5.41) is 2.06. The summed E-state index contributed by atoms with van der Waals surface area (Å²) in [7, 11) is 1.71. The number of hydrogen-bond donors (Lipinski definition) is 1. The van der Waals surface area contributed by atoms with Gasteiger partial charge in [-0.1, -0.05) is 30.2 Å². The Morgan fingerprint density at radius 2 is 2.06 bits per heavy atom. The highest BCUT2D eigenvalue weighted by Gasteiger charge is 2.24. The molecule has 0 fully saturated rings. The van der Waals surface area contributed by atoms with Crippen LogP contribution in [0, 0.1) is 0 Å². The van der Waals surface area contributed by atoms with E-state index in [9.17, 15) is 0 Å². The SMILES string of the molecule is COC(COc1ccc(C2CCCCc3c2[nH]c2ccc(Cl)cc32)cc1)Cn1ccnc1. The monoisotopic (exact) mass is 449 g/mol. The van der Waals surface area contributed by atoms with Gasteiger partial charge in [0, 0.05) is 47.0 Å². The number of aromatic amines is 1. The maximum Gasteiger partial charge on any atom is 0.119 e. The van der Waals surface area contributed by atoms with Gasteiger partial charge in [-0.3, -0.25) is 0 Å². The fourth-order valence-electron chi connectivity index (χ4n) is 4.75. The van der Waals surface area contributed by atoms with Gasteiger partial charge in [-0.05, 0) is 60.7 Å². The zero-order valence-corrected chi connectivity index (χ0v) is 19.0. The number of imidazole rings is 1. The lowest BCUT2D eigenvalue weighted by molar-refractivity contribution is 0.0458. The summed E-state index contributed by atoms with van der Waals surface area (Å²) in [6.07, 6.45) is 10.1. The van der Waals surface area contributed by atoms with E-state index in [0.717, 1.165) is 23.6 Å². The topological polar surface area (TPSA) is 52.1 Å². The maximum atomic E-state index is 6.29. The minimum Gasteiger partial charge on any atom is -0.491 e. The zero-order valence-electron chi connectivity index (χ0n) is 18.3. The first-order valence-corrected chi connectivity index (χ1v) is 11.6. The average molecular weight is 450 g/mol. The molecule has 2 unspecified atom stereocenters. The summed E-state index contributed by atoms with van der Waals surface area (Å²) < 4.78 is 13.6. The van der Waals surface area contributed by atoms with Crippen LogP contribution >= 0.6 is 11.6 Å². The number of nitrogens with zero attached hydrogens (tertiary/aromatic N) is 2. The molecule has 2 heterocycles. The second-order valence-corrected chi connectivity index (χ2v) is 8.94. The highest BCUT2D eigenvalue weighted by Crippen LogP contribution is 2.39. The van der Waals surface area contributed by atoms with Crippen LogP contribution in [0.4, 0.5) is 0 Å². The number of aromatic nitrogens is 3. The molecule has 1 aliphatic carbocycles. The quantitative estimate of drug-likeness (QED) is 0.353. The number of aryl methyl sites for hydroxylation is 1. The minimum atomic E-state index is -0.0357. The second kappa shape index (κ2) is 9.39. The van der Waals surface area contributed by atoms with Crippen LogP contribution in [-0.2, 0) is 17.7 Å². The average Bonchev–Trinajstić information content (AvgIpc) is 3.39. The first kappa shape index (κ1) is 21.1. The Labute approximate surface area is 193 Å². The smallest absolute Gasteiger partial charge is 0.119 e. The fraction of sp³-hybridized carbons (Fsp3) is 0.346. The van der Waals surface area contributed by atoms with Gasteiger partial charge in [0.25, 0.3) is 0 Å². The van der Waals surface area contributed by atoms with E-state index in [0.29, 0.717) is 19.1 Å². The minimum absolute atomic E-state index is 0.0357. The van der Waals surface area contributed by atoms with Crippen LogP contribution in [0.1, 0.15) is 42.0 Å². The third kappa shape index (κ3) is 4.41. The van der Waals surface area contributed by atoms with Crippen LogP contribution in [0.25, 0.3) is 10.9 Å². The highest BCUT2D eigenvalue weighted by atomic mass is 35.5. The van der Waals surface area contributed by atoms with Crippen molar-refractivity contribution in [3.8, 4) is 5.75 Å². The van der Waals surface area contributed by atoms with E-state index >= 15 is 0 Å². The van der Waals surface area contributed by atoms with Crippen LogP contribution in [-0.4, -0.2) is 34.4 Å². The lowest BCUT2D eigenvalue weighted by Crippen LogP contribution is -2.25. The van der Waals surface area contributed by atoms with Crippen molar-refractivity contribution in [2.75, 3.05) is 13.7 Å². The molecule has 1 N–H and O–H groups in total. The largest absolute Gasteiger partial charge is 0.491 e. The molecule has 166 valence electrons. The van der Waals surface area contributed by atoms with Crippen LogP contribution < -0.4 is 4.74 Å². The summed E-state index contributed by atoms with van der Waals surface area (Å²) in [5.74, 6) is 1.22. The molecule has 0 saturated heterocycles. The molecule has 2 atom stereocenters. The molecule has 32 heavy (non-hydrogen) atoms. The molecule has 4 aromatic rings. The molecular formula is C26H28ClN3O2. The molecule has 0 aliphatic heterocycles. The second-order valence-electron chi connectivity index (χ2n) is 8.50. The molecule has 0 amide bonds. The van der Waals surface area contributed by atoms with Crippen molar-refractivity contribution < 1.29 is 9.47 Å². The highest BCUT2D eigenvalue weighted by molar-refractivity contribution is 6.31.